The molecule has 98 valence electrons. The Kier molecular flexibility index (Phi) is 4.23. The predicted molar refractivity (Wildman–Crippen MR) is 70.2 cm³/mol. The van der Waals surface area contributed by atoms with Crippen LogP contribution in [0, 0.1) is 5.82 Å². The molecule has 3 nitrogen and oxygen atoms in total. The summed E-state index contributed by atoms with van der Waals surface area (Å²) in [6.45, 7) is 2.13. The van der Waals surface area contributed by atoms with Gasteiger partial charge in [-0.05, 0) is 18.6 Å². The highest BCUT2D eigenvalue weighted by Gasteiger charge is 2.16. The molecule has 0 amide bonds. The summed E-state index contributed by atoms with van der Waals surface area (Å²) in [7, 11) is 0. The molecular weight excluding hydrogens is 245 g/mol. The smallest absolute Gasteiger partial charge is 0.360 e. The first-order valence-electron chi connectivity index (χ1n) is 6.11. The molecule has 1 aromatic heterocycles. The SMILES string of the molecule is CCCOC(=O)c1nc(-c2ccccc2)ccc1F. The van der Waals surface area contributed by atoms with Crippen LogP contribution in [0.15, 0.2) is 42.5 Å². The summed E-state index contributed by atoms with van der Waals surface area (Å²) in [4.78, 5) is 15.7. The molecular formula is C15H14FNO2. The van der Waals surface area contributed by atoms with Gasteiger partial charge in [-0.3, -0.25) is 0 Å². The van der Waals surface area contributed by atoms with E-state index in [-0.39, 0.29) is 12.3 Å². The lowest BCUT2D eigenvalue weighted by Crippen LogP contribution is -2.11. The summed E-state index contributed by atoms with van der Waals surface area (Å²) in [5.74, 6) is -1.39. The Labute approximate surface area is 111 Å². The van der Waals surface area contributed by atoms with Gasteiger partial charge >= 0.3 is 5.97 Å². The molecule has 0 saturated heterocycles. The van der Waals surface area contributed by atoms with Crippen molar-refractivity contribution < 1.29 is 13.9 Å². The normalized spacial score (nSPS) is 10.2. The van der Waals surface area contributed by atoms with Crippen LogP contribution in [0.4, 0.5) is 4.39 Å². The van der Waals surface area contributed by atoms with Crippen molar-refractivity contribution in [2.75, 3.05) is 6.61 Å². The lowest BCUT2D eigenvalue weighted by molar-refractivity contribution is 0.0492. The largest absolute Gasteiger partial charge is 0.461 e. The topological polar surface area (TPSA) is 39.2 Å². The lowest BCUT2D eigenvalue weighted by Gasteiger charge is -2.06. The van der Waals surface area contributed by atoms with E-state index in [0.717, 1.165) is 5.56 Å². The highest BCUT2D eigenvalue weighted by atomic mass is 19.1. The number of carbonyl (C=O) groups is 1. The Morgan fingerprint density at radius 3 is 2.63 bits per heavy atom. The van der Waals surface area contributed by atoms with E-state index in [0.29, 0.717) is 12.1 Å². The molecule has 2 aromatic rings. The van der Waals surface area contributed by atoms with Gasteiger partial charge in [0.05, 0.1) is 12.3 Å². The van der Waals surface area contributed by atoms with E-state index >= 15 is 0 Å². The Bertz CT molecular complexity index is 570. The second kappa shape index (κ2) is 6.09. The predicted octanol–water partition coefficient (Wildman–Crippen LogP) is 3.45. The Balaban J connectivity index is 2.32. The minimum atomic E-state index is -0.725. The molecule has 0 N–H and O–H groups in total. The summed E-state index contributed by atoms with van der Waals surface area (Å²) in [6.07, 6.45) is 0.686. The summed E-state index contributed by atoms with van der Waals surface area (Å²) >= 11 is 0. The molecule has 1 aromatic carbocycles. The summed E-state index contributed by atoms with van der Waals surface area (Å²) in [5.41, 5.74) is 1.10. The number of ether oxygens (including phenoxy) is 1. The number of aromatic nitrogens is 1. The second-order valence-corrected chi connectivity index (χ2v) is 4.03. The maximum absolute atomic E-state index is 13.6. The molecule has 0 aliphatic heterocycles. The minimum Gasteiger partial charge on any atom is -0.461 e. The van der Waals surface area contributed by atoms with Gasteiger partial charge in [0.2, 0.25) is 0 Å². The van der Waals surface area contributed by atoms with Gasteiger partial charge in [0.25, 0.3) is 0 Å². The van der Waals surface area contributed by atoms with Crippen LogP contribution in [-0.4, -0.2) is 17.6 Å². The van der Waals surface area contributed by atoms with Gasteiger partial charge < -0.3 is 4.74 Å². The molecule has 0 aliphatic carbocycles. The maximum Gasteiger partial charge on any atom is 0.360 e. The molecule has 0 fully saturated rings. The monoisotopic (exact) mass is 259 g/mol. The van der Waals surface area contributed by atoms with Gasteiger partial charge in [-0.1, -0.05) is 37.3 Å². The number of rotatable bonds is 4. The van der Waals surface area contributed by atoms with Crippen LogP contribution < -0.4 is 0 Å². The second-order valence-electron chi connectivity index (χ2n) is 4.03. The zero-order chi connectivity index (χ0) is 13.7. The first kappa shape index (κ1) is 13.2. The van der Waals surface area contributed by atoms with E-state index in [1.807, 2.05) is 37.3 Å². The fourth-order valence-electron chi connectivity index (χ4n) is 1.62. The number of halogens is 1. The standard InChI is InChI=1S/C15H14FNO2/c1-2-10-19-15(18)14-12(16)8-9-13(17-14)11-6-4-3-5-7-11/h3-9H,2,10H2,1H3. The fraction of sp³-hybridized carbons (Fsp3) is 0.200. The molecule has 1 heterocycles. The number of esters is 1. The molecule has 0 saturated carbocycles. The maximum atomic E-state index is 13.6. The minimum absolute atomic E-state index is 0.259. The van der Waals surface area contributed by atoms with Crippen molar-refractivity contribution in [1.29, 1.82) is 0 Å². The van der Waals surface area contributed by atoms with Crippen LogP contribution in [0.25, 0.3) is 11.3 Å². The number of hydrogen-bond acceptors (Lipinski definition) is 3. The van der Waals surface area contributed by atoms with E-state index in [2.05, 4.69) is 4.98 Å². The van der Waals surface area contributed by atoms with Crippen molar-refractivity contribution in [1.82, 2.24) is 4.98 Å². The van der Waals surface area contributed by atoms with E-state index < -0.39 is 11.8 Å². The number of nitrogens with zero attached hydrogens (tertiary/aromatic N) is 1. The lowest BCUT2D eigenvalue weighted by atomic mass is 10.1. The quantitative estimate of drug-likeness (QED) is 0.789. The summed E-state index contributed by atoms with van der Waals surface area (Å²) in [6, 6.07) is 12.1. The molecule has 0 aliphatic rings. The third-order valence-corrected chi connectivity index (χ3v) is 2.55. The number of pyridine rings is 1. The molecule has 0 unspecified atom stereocenters. The molecule has 2 rings (SSSR count). The first-order chi connectivity index (χ1) is 9.22. The first-order valence-corrected chi connectivity index (χ1v) is 6.11. The van der Waals surface area contributed by atoms with Crippen molar-refractivity contribution in [3.05, 3.63) is 54.0 Å². The van der Waals surface area contributed by atoms with Gasteiger partial charge in [-0.2, -0.15) is 0 Å². The number of carbonyl (C=O) groups excluding carboxylic acids is 1. The summed E-state index contributed by atoms with van der Waals surface area (Å²) < 4.78 is 18.5. The molecule has 4 heteroatoms. The van der Waals surface area contributed by atoms with Crippen molar-refractivity contribution in [2.24, 2.45) is 0 Å². The highest BCUT2D eigenvalue weighted by molar-refractivity contribution is 5.88. The van der Waals surface area contributed by atoms with Crippen molar-refractivity contribution in [2.45, 2.75) is 13.3 Å². The Hall–Kier alpha value is -2.23. The molecule has 0 bridgehead atoms. The molecule has 0 spiro atoms. The Morgan fingerprint density at radius 2 is 1.95 bits per heavy atom. The van der Waals surface area contributed by atoms with Gasteiger partial charge in [0.1, 0.15) is 0 Å². The molecule has 0 radical (unpaired) electrons. The van der Waals surface area contributed by atoms with Gasteiger partial charge in [-0.25, -0.2) is 14.2 Å². The van der Waals surface area contributed by atoms with Gasteiger partial charge in [-0.15, -0.1) is 0 Å². The van der Waals surface area contributed by atoms with E-state index in [4.69, 9.17) is 4.74 Å². The van der Waals surface area contributed by atoms with Gasteiger partial charge in [0, 0.05) is 5.56 Å². The van der Waals surface area contributed by atoms with Crippen LogP contribution in [0.1, 0.15) is 23.8 Å². The van der Waals surface area contributed by atoms with Crippen molar-refractivity contribution in [3.8, 4) is 11.3 Å². The van der Waals surface area contributed by atoms with Crippen LogP contribution in [0.5, 0.6) is 0 Å². The number of benzene rings is 1. The van der Waals surface area contributed by atoms with Gasteiger partial charge in [0.15, 0.2) is 11.5 Å². The van der Waals surface area contributed by atoms with Crippen LogP contribution in [0.3, 0.4) is 0 Å². The third-order valence-electron chi connectivity index (χ3n) is 2.55. The van der Waals surface area contributed by atoms with E-state index in [1.165, 1.54) is 6.07 Å². The van der Waals surface area contributed by atoms with Crippen molar-refractivity contribution >= 4 is 5.97 Å². The average molecular weight is 259 g/mol. The zero-order valence-corrected chi connectivity index (χ0v) is 10.6. The summed E-state index contributed by atoms with van der Waals surface area (Å²) in [5, 5.41) is 0. The van der Waals surface area contributed by atoms with Crippen LogP contribution in [-0.2, 0) is 4.74 Å². The Morgan fingerprint density at radius 1 is 1.21 bits per heavy atom. The average Bonchev–Trinajstić information content (AvgIpc) is 2.46. The molecule has 19 heavy (non-hydrogen) atoms. The molecule has 0 atom stereocenters. The van der Waals surface area contributed by atoms with E-state index in [9.17, 15) is 9.18 Å². The van der Waals surface area contributed by atoms with Crippen molar-refractivity contribution in [3.63, 3.8) is 0 Å². The van der Waals surface area contributed by atoms with Crippen LogP contribution >= 0.6 is 0 Å². The fourth-order valence-corrected chi connectivity index (χ4v) is 1.62. The van der Waals surface area contributed by atoms with E-state index in [1.54, 1.807) is 6.07 Å². The zero-order valence-electron chi connectivity index (χ0n) is 10.6. The van der Waals surface area contributed by atoms with Crippen LogP contribution in [0.2, 0.25) is 0 Å². The highest BCUT2D eigenvalue weighted by Crippen LogP contribution is 2.18. The third kappa shape index (κ3) is 3.16. The number of hydrogen-bond donors (Lipinski definition) is 0.